The Kier molecular flexibility index (Phi) is 5.86. The number of hydrogen-bond donors (Lipinski definition) is 0. The van der Waals surface area contributed by atoms with Crippen LogP contribution in [0.25, 0.3) is 6.08 Å². The summed E-state index contributed by atoms with van der Waals surface area (Å²) in [5.74, 6) is 0.162. The van der Waals surface area contributed by atoms with Gasteiger partial charge in [0, 0.05) is 16.7 Å². The van der Waals surface area contributed by atoms with Crippen molar-refractivity contribution in [3.63, 3.8) is 0 Å². The minimum atomic E-state index is -0.585. The van der Waals surface area contributed by atoms with Gasteiger partial charge in [-0.3, -0.25) is 14.9 Å². The standard InChI is InChI=1S/C20H13ClFNO5/c21-14-3-10-20(18(11-14)23(25)26)27-12-17-7-6-16(28-17)8-9-19(24)13-1-4-15(22)5-2-13/h1-11H,12H2/b9-8+. The predicted octanol–water partition coefficient (Wildman–Crippen LogP) is 5.46. The first-order chi connectivity index (χ1) is 13.4. The molecule has 0 unspecified atom stereocenters. The van der Waals surface area contributed by atoms with Crippen LogP contribution in [0.3, 0.4) is 0 Å². The van der Waals surface area contributed by atoms with Crippen molar-refractivity contribution in [3.05, 3.63) is 98.7 Å². The van der Waals surface area contributed by atoms with Gasteiger partial charge in [0.2, 0.25) is 0 Å². The lowest BCUT2D eigenvalue weighted by molar-refractivity contribution is -0.385. The molecule has 0 aliphatic carbocycles. The molecule has 1 aromatic heterocycles. The third kappa shape index (κ3) is 4.83. The van der Waals surface area contributed by atoms with E-state index >= 15 is 0 Å². The molecule has 0 N–H and O–H groups in total. The molecule has 3 aromatic rings. The molecule has 1 heterocycles. The van der Waals surface area contributed by atoms with Gasteiger partial charge in [-0.05, 0) is 60.7 Å². The molecular weight excluding hydrogens is 389 g/mol. The quantitative estimate of drug-likeness (QED) is 0.227. The summed E-state index contributed by atoms with van der Waals surface area (Å²) < 4.78 is 23.8. The number of nitrogens with zero attached hydrogens (tertiary/aromatic N) is 1. The number of nitro groups is 1. The summed E-state index contributed by atoms with van der Waals surface area (Å²) in [4.78, 5) is 22.5. The molecule has 0 amide bonds. The van der Waals surface area contributed by atoms with E-state index in [1.165, 1.54) is 54.6 Å². The van der Waals surface area contributed by atoms with E-state index in [2.05, 4.69) is 0 Å². The number of benzene rings is 2. The second-order valence-electron chi connectivity index (χ2n) is 5.67. The Morgan fingerprint density at radius 1 is 1.18 bits per heavy atom. The monoisotopic (exact) mass is 401 g/mol. The minimum absolute atomic E-state index is 0.0395. The van der Waals surface area contributed by atoms with Crippen LogP contribution in [0.5, 0.6) is 5.75 Å². The Labute approximate surface area is 164 Å². The first-order valence-electron chi connectivity index (χ1n) is 8.06. The Morgan fingerprint density at radius 3 is 2.64 bits per heavy atom. The molecule has 0 spiro atoms. The normalized spacial score (nSPS) is 10.9. The highest BCUT2D eigenvalue weighted by molar-refractivity contribution is 6.30. The maximum atomic E-state index is 12.9. The van der Waals surface area contributed by atoms with E-state index in [4.69, 9.17) is 20.8 Å². The maximum absolute atomic E-state index is 12.9. The molecule has 28 heavy (non-hydrogen) atoms. The fraction of sp³-hybridized carbons (Fsp3) is 0.0500. The Morgan fingerprint density at radius 2 is 1.93 bits per heavy atom. The van der Waals surface area contributed by atoms with Gasteiger partial charge >= 0.3 is 5.69 Å². The number of hydrogen-bond acceptors (Lipinski definition) is 5. The van der Waals surface area contributed by atoms with Gasteiger partial charge in [-0.25, -0.2) is 4.39 Å². The highest BCUT2D eigenvalue weighted by Crippen LogP contribution is 2.30. The molecule has 0 saturated carbocycles. The largest absolute Gasteiger partial charge is 0.479 e. The molecule has 0 saturated heterocycles. The van der Waals surface area contributed by atoms with Gasteiger partial charge in [0.15, 0.2) is 11.5 Å². The lowest BCUT2D eigenvalue weighted by Crippen LogP contribution is -1.98. The van der Waals surface area contributed by atoms with E-state index in [1.807, 2.05) is 0 Å². The van der Waals surface area contributed by atoms with Crippen molar-refractivity contribution in [3.8, 4) is 5.75 Å². The summed E-state index contributed by atoms with van der Waals surface area (Å²) in [5.41, 5.74) is 0.104. The maximum Gasteiger partial charge on any atom is 0.312 e. The summed E-state index contributed by atoms with van der Waals surface area (Å²) in [5, 5.41) is 11.3. The zero-order chi connectivity index (χ0) is 20.1. The van der Waals surface area contributed by atoms with Gasteiger partial charge in [0.25, 0.3) is 0 Å². The zero-order valence-electron chi connectivity index (χ0n) is 14.3. The van der Waals surface area contributed by atoms with Crippen molar-refractivity contribution in [1.82, 2.24) is 0 Å². The van der Waals surface area contributed by atoms with E-state index in [0.29, 0.717) is 17.1 Å². The number of nitro benzene ring substituents is 1. The minimum Gasteiger partial charge on any atom is -0.479 e. The Balaban J connectivity index is 1.64. The Hall–Kier alpha value is -3.45. The molecule has 0 atom stereocenters. The van der Waals surface area contributed by atoms with Crippen LogP contribution in [0, 0.1) is 15.9 Å². The van der Waals surface area contributed by atoms with Gasteiger partial charge in [-0.2, -0.15) is 0 Å². The lowest BCUT2D eigenvalue weighted by Gasteiger charge is -2.05. The summed E-state index contributed by atoms with van der Waals surface area (Å²) in [6.07, 6.45) is 2.78. The molecule has 0 aliphatic heterocycles. The van der Waals surface area contributed by atoms with Gasteiger partial charge in [-0.15, -0.1) is 0 Å². The van der Waals surface area contributed by atoms with Crippen LogP contribution in [-0.4, -0.2) is 10.7 Å². The lowest BCUT2D eigenvalue weighted by atomic mass is 10.1. The summed E-state index contributed by atoms with van der Waals surface area (Å²) in [6, 6.07) is 12.6. The highest BCUT2D eigenvalue weighted by atomic mass is 35.5. The Bertz CT molecular complexity index is 1040. The van der Waals surface area contributed by atoms with Crippen molar-refractivity contribution in [2.75, 3.05) is 0 Å². The van der Waals surface area contributed by atoms with Gasteiger partial charge in [0.1, 0.15) is 23.9 Å². The van der Waals surface area contributed by atoms with Crippen LogP contribution in [0.2, 0.25) is 5.02 Å². The topological polar surface area (TPSA) is 82.6 Å². The van der Waals surface area contributed by atoms with E-state index < -0.39 is 10.7 Å². The third-order valence-electron chi connectivity index (χ3n) is 3.70. The first kappa shape index (κ1) is 19.3. The number of halogens is 2. The first-order valence-corrected chi connectivity index (χ1v) is 8.43. The van der Waals surface area contributed by atoms with Crippen LogP contribution in [0.15, 0.2) is 65.1 Å². The van der Waals surface area contributed by atoms with Crippen LogP contribution >= 0.6 is 11.6 Å². The number of ether oxygens (including phenoxy) is 1. The molecule has 3 rings (SSSR count). The average molecular weight is 402 g/mol. The second-order valence-corrected chi connectivity index (χ2v) is 6.10. The third-order valence-corrected chi connectivity index (χ3v) is 3.93. The van der Waals surface area contributed by atoms with Gasteiger partial charge in [0.05, 0.1) is 4.92 Å². The number of rotatable bonds is 7. The molecule has 0 bridgehead atoms. The average Bonchev–Trinajstić information content (AvgIpc) is 3.13. The molecule has 142 valence electrons. The molecular formula is C20H13ClFNO5. The second kappa shape index (κ2) is 8.49. The smallest absolute Gasteiger partial charge is 0.312 e. The summed E-state index contributed by atoms with van der Waals surface area (Å²) in [7, 11) is 0. The van der Waals surface area contributed by atoms with Crippen molar-refractivity contribution in [1.29, 1.82) is 0 Å². The summed E-state index contributed by atoms with van der Waals surface area (Å²) >= 11 is 5.76. The molecule has 0 aliphatic rings. The van der Waals surface area contributed by atoms with Crippen molar-refractivity contribution < 1.29 is 23.3 Å². The zero-order valence-corrected chi connectivity index (χ0v) is 15.1. The predicted molar refractivity (Wildman–Crippen MR) is 101 cm³/mol. The van der Waals surface area contributed by atoms with Crippen LogP contribution in [-0.2, 0) is 6.61 Å². The van der Waals surface area contributed by atoms with Crippen molar-refractivity contribution >= 4 is 29.1 Å². The van der Waals surface area contributed by atoms with Gasteiger partial charge in [-0.1, -0.05) is 11.6 Å². The van der Waals surface area contributed by atoms with E-state index in [-0.39, 0.29) is 28.8 Å². The van der Waals surface area contributed by atoms with Crippen LogP contribution in [0.1, 0.15) is 21.9 Å². The highest BCUT2D eigenvalue weighted by Gasteiger charge is 2.16. The molecule has 6 nitrogen and oxygen atoms in total. The van der Waals surface area contributed by atoms with Gasteiger partial charge < -0.3 is 9.15 Å². The number of allylic oxidation sites excluding steroid dienone is 1. The van der Waals surface area contributed by atoms with Crippen molar-refractivity contribution in [2.24, 2.45) is 0 Å². The van der Waals surface area contributed by atoms with Crippen LogP contribution in [0.4, 0.5) is 10.1 Å². The summed E-state index contributed by atoms with van der Waals surface area (Å²) in [6.45, 7) is -0.0395. The SMILES string of the molecule is O=C(/C=C/c1ccc(COc2ccc(Cl)cc2[N+](=O)[O-])o1)c1ccc(F)cc1. The molecule has 0 fully saturated rings. The van der Waals surface area contributed by atoms with Crippen LogP contribution < -0.4 is 4.74 Å². The molecule has 0 radical (unpaired) electrons. The van der Waals surface area contributed by atoms with E-state index in [0.717, 1.165) is 0 Å². The number of carbonyl (C=O) groups excluding carboxylic acids is 1. The number of furan rings is 1. The fourth-order valence-electron chi connectivity index (χ4n) is 2.33. The molecule has 8 heteroatoms. The van der Waals surface area contributed by atoms with E-state index in [1.54, 1.807) is 12.1 Å². The fourth-order valence-corrected chi connectivity index (χ4v) is 2.50. The number of carbonyl (C=O) groups is 1. The van der Waals surface area contributed by atoms with E-state index in [9.17, 15) is 19.3 Å². The molecule has 2 aromatic carbocycles. The number of ketones is 1. The van der Waals surface area contributed by atoms with Crippen molar-refractivity contribution in [2.45, 2.75) is 6.61 Å².